The second-order valence-corrected chi connectivity index (χ2v) is 5.99. The zero-order chi connectivity index (χ0) is 12.2. The molecule has 1 rings (SSSR count). The fourth-order valence-corrected chi connectivity index (χ4v) is 2.68. The van der Waals surface area contributed by atoms with Crippen LogP contribution in [0.2, 0.25) is 0 Å². The van der Waals surface area contributed by atoms with E-state index >= 15 is 0 Å². The van der Waals surface area contributed by atoms with Crippen LogP contribution < -0.4 is 0 Å². The Morgan fingerprint density at radius 1 is 1.38 bits per heavy atom. The van der Waals surface area contributed by atoms with E-state index in [1.807, 2.05) is 0 Å². The van der Waals surface area contributed by atoms with Gasteiger partial charge in [-0.3, -0.25) is 0 Å². The maximum atomic E-state index is 8.88. The lowest BCUT2D eigenvalue weighted by atomic mass is 9.67. The lowest BCUT2D eigenvalue weighted by Gasteiger charge is -2.42. The first-order valence-electron chi connectivity index (χ1n) is 6.74. The highest BCUT2D eigenvalue weighted by atomic mass is 16.5. The minimum Gasteiger partial charge on any atom is -0.396 e. The summed E-state index contributed by atoms with van der Waals surface area (Å²) in [6.45, 7) is 9.33. The number of hydrogen-bond acceptors (Lipinski definition) is 2. The molecule has 0 saturated heterocycles. The summed E-state index contributed by atoms with van der Waals surface area (Å²) in [6.07, 6.45) is 6.35. The predicted molar refractivity (Wildman–Crippen MR) is 67.5 cm³/mol. The maximum Gasteiger partial charge on any atom is 0.0584 e. The van der Waals surface area contributed by atoms with Gasteiger partial charge in [0.25, 0.3) is 0 Å². The fourth-order valence-electron chi connectivity index (χ4n) is 2.68. The smallest absolute Gasteiger partial charge is 0.0584 e. The molecule has 0 bridgehead atoms. The Morgan fingerprint density at radius 2 is 2.06 bits per heavy atom. The Bertz CT molecular complexity index is 203. The molecule has 3 unspecified atom stereocenters. The quantitative estimate of drug-likeness (QED) is 0.781. The Kier molecular flexibility index (Phi) is 5.26. The normalized spacial score (nSPS) is 33.0. The van der Waals surface area contributed by atoms with Crippen LogP contribution in [0.5, 0.6) is 0 Å². The number of rotatable bonds is 5. The van der Waals surface area contributed by atoms with Gasteiger partial charge in [-0.25, -0.2) is 0 Å². The van der Waals surface area contributed by atoms with Crippen molar-refractivity contribution >= 4 is 0 Å². The summed E-state index contributed by atoms with van der Waals surface area (Å²) in [7, 11) is 0. The first kappa shape index (κ1) is 14.0. The molecule has 1 aliphatic rings. The lowest BCUT2D eigenvalue weighted by Crippen LogP contribution is -2.36. The molecule has 0 radical (unpaired) electrons. The SMILES string of the molecule is CC(CCO)OC1CCCC(C)(C(C)C)C1. The molecular formula is C14H28O2. The monoisotopic (exact) mass is 228 g/mol. The lowest BCUT2D eigenvalue weighted by molar-refractivity contribution is -0.0650. The number of aliphatic hydroxyl groups is 1. The Labute approximate surface area is 100 Å². The molecule has 0 amide bonds. The molecule has 2 heteroatoms. The van der Waals surface area contributed by atoms with E-state index in [4.69, 9.17) is 9.84 Å². The highest BCUT2D eigenvalue weighted by Crippen LogP contribution is 2.43. The number of hydrogen-bond donors (Lipinski definition) is 1. The van der Waals surface area contributed by atoms with Crippen LogP contribution in [0.1, 0.15) is 59.8 Å². The molecule has 0 aromatic rings. The predicted octanol–water partition coefficient (Wildman–Crippen LogP) is 3.38. The molecule has 0 heterocycles. The maximum absolute atomic E-state index is 8.88. The molecule has 16 heavy (non-hydrogen) atoms. The first-order valence-corrected chi connectivity index (χ1v) is 6.74. The minimum atomic E-state index is 0.199. The molecule has 0 aliphatic heterocycles. The Balaban J connectivity index is 2.44. The van der Waals surface area contributed by atoms with Gasteiger partial charge in [0.15, 0.2) is 0 Å². The van der Waals surface area contributed by atoms with Crippen molar-refractivity contribution in [2.45, 2.75) is 72.0 Å². The van der Waals surface area contributed by atoms with Gasteiger partial charge in [0.1, 0.15) is 0 Å². The van der Waals surface area contributed by atoms with Crippen molar-refractivity contribution in [3.63, 3.8) is 0 Å². The molecule has 0 spiro atoms. The van der Waals surface area contributed by atoms with E-state index in [-0.39, 0.29) is 12.7 Å². The van der Waals surface area contributed by atoms with E-state index in [2.05, 4.69) is 27.7 Å². The van der Waals surface area contributed by atoms with Crippen LogP contribution in [0.25, 0.3) is 0 Å². The number of ether oxygens (including phenoxy) is 1. The van der Waals surface area contributed by atoms with Crippen LogP contribution in [-0.4, -0.2) is 23.9 Å². The molecule has 2 nitrogen and oxygen atoms in total. The van der Waals surface area contributed by atoms with Crippen molar-refractivity contribution in [1.29, 1.82) is 0 Å². The summed E-state index contributed by atoms with van der Waals surface area (Å²) in [5.41, 5.74) is 0.446. The zero-order valence-electron chi connectivity index (χ0n) is 11.3. The molecule has 1 N–H and O–H groups in total. The van der Waals surface area contributed by atoms with Gasteiger partial charge in [-0.05, 0) is 43.9 Å². The summed E-state index contributed by atoms with van der Waals surface area (Å²) >= 11 is 0. The topological polar surface area (TPSA) is 29.5 Å². The van der Waals surface area contributed by atoms with Crippen LogP contribution in [0.15, 0.2) is 0 Å². The van der Waals surface area contributed by atoms with Gasteiger partial charge >= 0.3 is 0 Å². The fraction of sp³-hybridized carbons (Fsp3) is 1.00. The van der Waals surface area contributed by atoms with Crippen LogP contribution in [0.3, 0.4) is 0 Å². The van der Waals surface area contributed by atoms with Gasteiger partial charge in [0, 0.05) is 6.61 Å². The van der Waals surface area contributed by atoms with E-state index in [0.29, 0.717) is 11.5 Å². The van der Waals surface area contributed by atoms with Crippen LogP contribution in [0, 0.1) is 11.3 Å². The van der Waals surface area contributed by atoms with E-state index in [1.54, 1.807) is 0 Å². The van der Waals surface area contributed by atoms with Crippen molar-refractivity contribution in [2.24, 2.45) is 11.3 Å². The largest absolute Gasteiger partial charge is 0.396 e. The highest BCUT2D eigenvalue weighted by molar-refractivity contribution is 4.86. The van der Waals surface area contributed by atoms with Crippen LogP contribution >= 0.6 is 0 Å². The molecule has 96 valence electrons. The van der Waals surface area contributed by atoms with Crippen molar-refractivity contribution in [1.82, 2.24) is 0 Å². The Morgan fingerprint density at radius 3 is 2.62 bits per heavy atom. The van der Waals surface area contributed by atoms with E-state index in [1.165, 1.54) is 25.7 Å². The molecule has 0 aromatic heterocycles. The van der Waals surface area contributed by atoms with Crippen molar-refractivity contribution in [2.75, 3.05) is 6.61 Å². The molecular weight excluding hydrogens is 200 g/mol. The molecule has 1 fully saturated rings. The average Bonchev–Trinajstić information content (AvgIpc) is 2.17. The van der Waals surface area contributed by atoms with Gasteiger partial charge < -0.3 is 9.84 Å². The van der Waals surface area contributed by atoms with Crippen LogP contribution in [-0.2, 0) is 4.74 Å². The van der Waals surface area contributed by atoms with Gasteiger partial charge in [-0.15, -0.1) is 0 Å². The van der Waals surface area contributed by atoms with Crippen molar-refractivity contribution in [3.8, 4) is 0 Å². The van der Waals surface area contributed by atoms with E-state index in [9.17, 15) is 0 Å². The zero-order valence-corrected chi connectivity index (χ0v) is 11.3. The molecule has 1 aliphatic carbocycles. The summed E-state index contributed by atoms with van der Waals surface area (Å²) in [5.74, 6) is 0.729. The van der Waals surface area contributed by atoms with Crippen LogP contribution in [0.4, 0.5) is 0 Å². The standard InChI is InChI=1S/C14H28O2/c1-11(2)14(4)8-5-6-13(10-14)16-12(3)7-9-15/h11-13,15H,5-10H2,1-4H3. The van der Waals surface area contributed by atoms with Gasteiger partial charge in [0.2, 0.25) is 0 Å². The second kappa shape index (κ2) is 6.02. The number of aliphatic hydroxyl groups excluding tert-OH is 1. The Hall–Kier alpha value is -0.0800. The third-order valence-corrected chi connectivity index (χ3v) is 4.32. The third-order valence-electron chi connectivity index (χ3n) is 4.32. The van der Waals surface area contributed by atoms with Gasteiger partial charge in [-0.1, -0.05) is 27.2 Å². The van der Waals surface area contributed by atoms with E-state index < -0.39 is 0 Å². The summed E-state index contributed by atoms with van der Waals surface area (Å²) < 4.78 is 6.02. The third kappa shape index (κ3) is 3.74. The average molecular weight is 228 g/mol. The molecule has 1 saturated carbocycles. The summed E-state index contributed by atoms with van der Waals surface area (Å²) in [4.78, 5) is 0. The van der Waals surface area contributed by atoms with Crippen molar-refractivity contribution < 1.29 is 9.84 Å². The van der Waals surface area contributed by atoms with Gasteiger partial charge in [-0.2, -0.15) is 0 Å². The van der Waals surface area contributed by atoms with Crippen molar-refractivity contribution in [3.05, 3.63) is 0 Å². The summed E-state index contributed by atoms with van der Waals surface area (Å²) in [5, 5.41) is 8.88. The van der Waals surface area contributed by atoms with Gasteiger partial charge in [0.05, 0.1) is 12.2 Å². The second-order valence-electron chi connectivity index (χ2n) is 5.99. The highest BCUT2D eigenvalue weighted by Gasteiger charge is 2.35. The molecule has 0 aromatic carbocycles. The minimum absolute atomic E-state index is 0.199. The molecule has 3 atom stereocenters. The summed E-state index contributed by atoms with van der Waals surface area (Å²) in [6, 6.07) is 0. The first-order chi connectivity index (χ1) is 7.48. The van der Waals surface area contributed by atoms with E-state index in [0.717, 1.165) is 12.3 Å².